The van der Waals surface area contributed by atoms with Gasteiger partial charge < -0.3 is 4.74 Å². The molecule has 1 aromatic carbocycles. The lowest BCUT2D eigenvalue weighted by atomic mass is 9.96. The molecular weight excluding hydrogens is 378 g/mol. The molecule has 0 bridgehead atoms. The second kappa shape index (κ2) is 9.05. The minimum Gasteiger partial charge on any atom is -0.495 e. The van der Waals surface area contributed by atoms with Crippen LogP contribution in [0.4, 0.5) is 5.69 Å². The highest BCUT2D eigenvalue weighted by atomic mass is 32.2. The second-order valence-corrected chi connectivity index (χ2v) is 7.48. The number of methoxy groups -OCH3 is 1. The van der Waals surface area contributed by atoms with Gasteiger partial charge in [-0.25, -0.2) is 0 Å². The Morgan fingerprint density at radius 2 is 2.04 bits per heavy atom. The second-order valence-electron chi connectivity index (χ2n) is 6.64. The van der Waals surface area contributed by atoms with E-state index in [2.05, 4.69) is 0 Å². The van der Waals surface area contributed by atoms with Gasteiger partial charge in [0.15, 0.2) is 0 Å². The molecular formula is C20H23N3O4S. The minimum atomic E-state index is -0.554. The highest BCUT2D eigenvalue weighted by Crippen LogP contribution is 2.34. The minimum absolute atomic E-state index is 0.0199. The fraction of sp³-hybridized carbons (Fsp3) is 0.400. The molecule has 28 heavy (non-hydrogen) atoms. The molecule has 7 nitrogen and oxygen atoms in total. The van der Waals surface area contributed by atoms with Gasteiger partial charge in [-0.05, 0) is 37.3 Å². The van der Waals surface area contributed by atoms with Crippen LogP contribution in [0.1, 0.15) is 42.5 Å². The molecule has 0 atom stereocenters. The van der Waals surface area contributed by atoms with Crippen LogP contribution in [-0.4, -0.2) is 34.8 Å². The molecule has 0 radical (unpaired) electrons. The summed E-state index contributed by atoms with van der Waals surface area (Å²) in [6.07, 6.45) is 8.93. The summed E-state index contributed by atoms with van der Waals surface area (Å²) in [7, 11) is 1.45. The number of carbonyl (C=O) groups is 1. The SMILES string of the molecule is COc1cc([N+](=O)[O-])c(C(=O)n2ccccc2=NC2CCCCC2)cc1SC. The van der Waals surface area contributed by atoms with Gasteiger partial charge in [0.2, 0.25) is 0 Å². The van der Waals surface area contributed by atoms with Gasteiger partial charge in [-0.3, -0.25) is 24.5 Å². The van der Waals surface area contributed by atoms with E-state index in [1.54, 1.807) is 18.3 Å². The van der Waals surface area contributed by atoms with E-state index in [0.717, 1.165) is 25.7 Å². The molecule has 2 aromatic rings. The topological polar surface area (TPSA) is 86.7 Å². The first-order chi connectivity index (χ1) is 13.5. The summed E-state index contributed by atoms with van der Waals surface area (Å²) in [4.78, 5) is 29.7. The molecule has 1 aliphatic rings. The molecule has 0 aliphatic heterocycles. The van der Waals surface area contributed by atoms with Gasteiger partial charge in [0, 0.05) is 6.20 Å². The van der Waals surface area contributed by atoms with Crippen molar-refractivity contribution in [3.63, 3.8) is 0 Å². The molecule has 3 rings (SSSR count). The number of aromatic nitrogens is 1. The normalized spacial score (nSPS) is 15.4. The predicted octanol–water partition coefficient (Wildman–Crippen LogP) is 4.05. The number of benzene rings is 1. The molecule has 0 N–H and O–H groups in total. The molecule has 0 unspecified atom stereocenters. The monoisotopic (exact) mass is 401 g/mol. The van der Waals surface area contributed by atoms with E-state index >= 15 is 0 Å². The summed E-state index contributed by atoms with van der Waals surface area (Å²) in [6, 6.07) is 8.33. The van der Waals surface area contributed by atoms with E-state index in [1.807, 2.05) is 12.3 Å². The Bertz CT molecular complexity index is 949. The average molecular weight is 401 g/mol. The van der Waals surface area contributed by atoms with Crippen molar-refractivity contribution in [2.75, 3.05) is 13.4 Å². The third-order valence-corrected chi connectivity index (χ3v) is 5.63. The highest BCUT2D eigenvalue weighted by molar-refractivity contribution is 7.98. The largest absolute Gasteiger partial charge is 0.495 e. The van der Waals surface area contributed by atoms with Gasteiger partial charge in [-0.15, -0.1) is 11.8 Å². The van der Waals surface area contributed by atoms with Gasteiger partial charge in [-0.1, -0.05) is 25.3 Å². The Morgan fingerprint density at radius 1 is 1.29 bits per heavy atom. The third-order valence-electron chi connectivity index (χ3n) is 4.88. The number of rotatable bonds is 5. The molecule has 0 saturated heterocycles. The standard InChI is InChI=1S/C20H23N3O4S/c1-27-17-13-16(23(25)26)15(12-18(17)28-2)20(24)22-11-7-6-10-19(22)21-14-8-4-3-5-9-14/h6-7,10-14H,3-5,8-9H2,1-2H3. The van der Waals surface area contributed by atoms with Crippen LogP contribution in [0.2, 0.25) is 0 Å². The lowest BCUT2D eigenvalue weighted by Crippen LogP contribution is -2.29. The molecule has 1 aromatic heterocycles. The maximum Gasteiger partial charge on any atom is 0.285 e. The molecule has 1 fully saturated rings. The molecule has 1 saturated carbocycles. The summed E-state index contributed by atoms with van der Waals surface area (Å²) in [5.74, 6) is -0.0965. The molecule has 1 aliphatic carbocycles. The Morgan fingerprint density at radius 3 is 2.68 bits per heavy atom. The van der Waals surface area contributed by atoms with Crippen molar-refractivity contribution in [1.82, 2.24) is 4.57 Å². The predicted molar refractivity (Wildman–Crippen MR) is 108 cm³/mol. The number of nitro benzene ring substituents is 1. The maximum absolute atomic E-state index is 13.3. The van der Waals surface area contributed by atoms with Crippen molar-refractivity contribution in [2.24, 2.45) is 4.99 Å². The summed E-state index contributed by atoms with van der Waals surface area (Å²) in [5.41, 5.74) is 0.265. The van der Waals surface area contributed by atoms with Gasteiger partial charge in [0.05, 0.1) is 29.0 Å². The van der Waals surface area contributed by atoms with E-state index in [-0.39, 0.29) is 17.3 Å². The summed E-state index contributed by atoms with van der Waals surface area (Å²) < 4.78 is 6.63. The Balaban J connectivity index is 2.10. The summed E-state index contributed by atoms with van der Waals surface area (Å²) >= 11 is 1.37. The van der Waals surface area contributed by atoms with Crippen molar-refractivity contribution < 1.29 is 14.5 Å². The lowest BCUT2D eigenvalue weighted by molar-refractivity contribution is -0.385. The molecule has 0 amide bonds. The molecule has 0 spiro atoms. The number of carbonyl (C=O) groups excluding carboxylic acids is 1. The van der Waals surface area contributed by atoms with Gasteiger partial charge >= 0.3 is 0 Å². The Kier molecular flexibility index (Phi) is 6.51. The maximum atomic E-state index is 13.3. The van der Waals surface area contributed by atoms with E-state index in [0.29, 0.717) is 16.1 Å². The van der Waals surface area contributed by atoms with Crippen molar-refractivity contribution in [1.29, 1.82) is 0 Å². The smallest absolute Gasteiger partial charge is 0.285 e. The number of hydrogen-bond donors (Lipinski definition) is 0. The number of nitro groups is 1. The first kappa shape index (κ1) is 20.1. The number of ether oxygens (including phenoxy) is 1. The van der Waals surface area contributed by atoms with Crippen LogP contribution >= 0.6 is 11.8 Å². The lowest BCUT2D eigenvalue weighted by Gasteiger charge is -2.18. The average Bonchev–Trinajstić information content (AvgIpc) is 2.73. The van der Waals surface area contributed by atoms with Crippen LogP contribution in [0.15, 0.2) is 46.4 Å². The zero-order chi connectivity index (χ0) is 20.1. The van der Waals surface area contributed by atoms with Gasteiger partial charge in [0.1, 0.15) is 16.8 Å². The number of nitrogens with zero attached hydrogens (tertiary/aromatic N) is 3. The first-order valence-electron chi connectivity index (χ1n) is 9.21. The number of pyridine rings is 1. The molecule has 8 heteroatoms. The first-order valence-corrected chi connectivity index (χ1v) is 10.4. The van der Waals surface area contributed by atoms with E-state index in [9.17, 15) is 14.9 Å². The summed E-state index contributed by atoms with van der Waals surface area (Å²) in [6.45, 7) is 0. The molecule has 148 valence electrons. The van der Waals surface area contributed by atoms with Crippen LogP contribution in [0.5, 0.6) is 5.75 Å². The summed E-state index contributed by atoms with van der Waals surface area (Å²) in [5, 5.41) is 11.6. The molecule has 1 heterocycles. The van der Waals surface area contributed by atoms with Crippen molar-refractivity contribution >= 4 is 23.4 Å². The van der Waals surface area contributed by atoms with Gasteiger partial charge in [-0.2, -0.15) is 0 Å². The Labute approximate surface area is 167 Å². The fourth-order valence-electron chi connectivity index (χ4n) is 3.43. The van der Waals surface area contributed by atoms with Crippen molar-refractivity contribution in [3.8, 4) is 5.75 Å². The van der Waals surface area contributed by atoms with E-state index in [4.69, 9.17) is 9.73 Å². The van der Waals surface area contributed by atoms with E-state index in [1.165, 1.54) is 42.0 Å². The zero-order valence-corrected chi connectivity index (χ0v) is 16.8. The van der Waals surface area contributed by atoms with Crippen LogP contribution in [0.25, 0.3) is 0 Å². The zero-order valence-electron chi connectivity index (χ0n) is 16.0. The quantitative estimate of drug-likeness (QED) is 0.429. The van der Waals surface area contributed by atoms with Crippen LogP contribution in [-0.2, 0) is 0 Å². The van der Waals surface area contributed by atoms with E-state index < -0.39 is 10.8 Å². The Hall–Kier alpha value is -2.61. The van der Waals surface area contributed by atoms with Crippen molar-refractivity contribution in [2.45, 2.75) is 43.0 Å². The number of hydrogen-bond acceptors (Lipinski definition) is 6. The van der Waals surface area contributed by atoms with Crippen LogP contribution < -0.4 is 10.2 Å². The highest BCUT2D eigenvalue weighted by Gasteiger charge is 2.25. The van der Waals surface area contributed by atoms with Gasteiger partial charge in [0.25, 0.3) is 11.6 Å². The number of thioether (sulfide) groups is 1. The fourth-order valence-corrected chi connectivity index (χ4v) is 4.01. The van der Waals surface area contributed by atoms with Crippen LogP contribution in [0, 0.1) is 10.1 Å². The third kappa shape index (κ3) is 4.27. The van der Waals surface area contributed by atoms with Crippen molar-refractivity contribution in [3.05, 3.63) is 57.7 Å². The van der Waals surface area contributed by atoms with Crippen LogP contribution in [0.3, 0.4) is 0 Å².